The SMILES string of the molecule is CC(C)(C)OC(=O)NC[C@@H](CN1C(=O)c2ccccc2C1=O)NC(=O)OC(C)(C)C. The van der Waals surface area contributed by atoms with Crippen LogP contribution in [0.4, 0.5) is 9.59 Å². The van der Waals surface area contributed by atoms with E-state index in [0.29, 0.717) is 11.1 Å². The number of carbonyl (C=O) groups is 4. The molecule has 0 unspecified atom stereocenters. The van der Waals surface area contributed by atoms with E-state index in [-0.39, 0.29) is 13.1 Å². The van der Waals surface area contributed by atoms with Gasteiger partial charge in [-0.1, -0.05) is 12.1 Å². The van der Waals surface area contributed by atoms with E-state index < -0.39 is 41.2 Å². The Hall–Kier alpha value is -3.10. The van der Waals surface area contributed by atoms with Crippen molar-refractivity contribution in [3.05, 3.63) is 35.4 Å². The highest BCUT2D eigenvalue weighted by Gasteiger charge is 2.37. The average molecular weight is 419 g/mol. The Morgan fingerprint density at radius 1 is 0.900 bits per heavy atom. The zero-order valence-electron chi connectivity index (χ0n) is 18.2. The average Bonchev–Trinajstić information content (AvgIpc) is 2.82. The van der Waals surface area contributed by atoms with Gasteiger partial charge in [0, 0.05) is 6.54 Å². The summed E-state index contributed by atoms with van der Waals surface area (Å²) in [4.78, 5) is 50.5. The molecule has 9 heteroatoms. The van der Waals surface area contributed by atoms with Gasteiger partial charge in [-0.3, -0.25) is 14.5 Å². The molecular formula is C21H29N3O6. The molecule has 0 bridgehead atoms. The molecule has 0 saturated carbocycles. The van der Waals surface area contributed by atoms with E-state index in [1.807, 2.05) is 0 Å². The third kappa shape index (κ3) is 6.47. The summed E-state index contributed by atoms with van der Waals surface area (Å²) in [5.41, 5.74) is -0.819. The normalized spacial score (nSPS) is 14.8. The van der Waals surface area contributed by atoms with Gasteiger partial charge in [0.15, 0.2) is 0 Å². The Morgan fingerprint density at radius 3 is 1.83 bits per heavy atom. The zero-order chi connectivity index (χ0) is 22.7. The fourth-order valence-electron chi connectivity index (χ4n) is 2.78. The Morgan fingerprint density at radius 2 is 1.37 bits per heavy atom. The number of alkyl carbamates (subject to hydrolysis) is 2. The number of nitrogens with zero attached hydrogens (tertiary/aromatic N) is 1. The summed E-state index contributed by atoms with van der Waals surface area (Å²) in [5, 5.41) is 5.16. The maximum absolute atomic E-state index is 12.6. The lowest BCUT2D eigenvalue weighted by Crippen LogP contribution is -2.52. The van der Waals surface area contributed by atoms with Gasteiger partial charge in [0.1, 0.15) is 11.2 Å². The summed E-state index contributed by atoms with van der Waals surface area (Å²) >= 11 is 0. The number of amides is 4. The van der Waals surface area contributed by atoms with Crippen molar-refractivity contribution in [2.75, 3.05) is 13.1 Å². The van der Waals surface area contributed by atoms with Crippen LogP contribution in [0.2, 0.25) is 0 Å². The van der Waals surface area contributed by atoms with Crippen LogP contribution >= 0.6 is 0 Å². The van der Waals surface area contributed by atoms with Gasteiger partial charge in [-0.2, -0.15) is 0 Å². The minimum atomic E-state index is -0.783. The minimum absolute atomic E-state index is 0.0679. The summed E-state index contributed by atoms with van der Waals surface area (Å²) in [6.07, 6.45) is -1.41. The number of benzene rings is 1. The van der Waals surface area contributed by atoms with Gasteiger partial charge in [-0.25, -0.2) is 9.59 Å². The number of rotatable bonds is 5. The van der Waals surface area contributed by atoms with Gasteiger partial charge in [-0.15, -0.1) is 0 Å². The molecule has 1 aromatic rings. The van der Waals surface area contributed by atoms with Crippen molar-refractivity contribution < 1.29 is 28.7 Å². The number of fused-ring (bicyclic) bond motifs is 1. The van der Waals surface area contributed by atoms with E-state index in [4.69, 9.17) is 9.47 Å². The van der Waals surface area contributed by atoms with Gasteiger partial charge >= 0.3 is 12.2 Å². The monoisotopic (exact) mass is 419 g/mol. The largest absolute Gasteiger partial charge is 0.444 e. The molecule has 4 amide bonds. The molecule has 9 nitrogen and oxygen atoms in total. The number of carbonyl (C=O) groups excluding carboxylic acids is 4. The van der Waals surface area contributed by atoms with E-state index in [1.165, 1.54) is 0 Å². The first-order chi connectivity index (χ1) is 13.8. The van der Waals surface area contributed by atoms with Gasteiger partial charge in [-0.05, 0) is 53.7 Å². The van der Waals surface area contributed by atoms with Crippen LogP contribution in [0.1, 0.15) is 62.3 Å². The predicted octanol–water partition coefficient (Wildman–Crippen LogP) is 2.70. The predicted molar refractivity (Wildman–Crippen MR) is 109 cm³/mol. The van der Waals surface area contributed by atoms with Crippen LogP contribution in [0.3, 0.4) is 0 Å². The number of imide groups is 1. The third-order valence-corrected chi connectivity index (χ3v) is 3.89. The second-order valence-corrected chi connectivity index (χ2v) is 8.99. The van der Waals surface area contributed by atoms with Crippen molar-refractivity contribution in [3.63, 3.8) is 0 Å². The molecule has 1 aliphatic heterocycles. The summed E-state index contributed by atoms with van der Waals surface area (Å²) in [7, 11) is 0. The molecule has 2 N–H and O–H groups in total. The molecule has 1 atom stereocenters. The summed E-state index contributed by atoms with van der Waals surface area (Å²) in [6, 6.07) is 5.71. The number of hydrogen-bond donors (Lipinski definition) is 2. The fourth-order valence-corrected chi connectivity index (χ4v) is 2.78. The summed E-state index contributed by atoms with van der Waals surface area (Å²) < 4.78 is 10.4. The Balaban J connectivity index is 2.11. The van der Waals surface area contributed by atoms with E-state index in [0.717, 1.165) is 4.90 Å². The second kappa shape index (κ2) is 8.73. The van der Waals surface area contributed by atoms with Gasteiger partial charge in [0.05, 0.1) is 23.7 Å². The molecule has 2 rings (SSSR count). The molecule has 0 spiro atoms. The lowest BCUT2D eigenvalue weighted by Gasteiger charge is -2.27. The number of hydrogen-bond acceptors (Lipinski definition) is 6. The number of nitrogens with one attached hydrogen (secondary N) is 2. The van der Waals surface area contributed by atoms with Crippen LogP contribution < -0.4 is 10.6 Å². The summed E-state index contributed by atoms with van der Waals surface area (Å²) in [5.74, 6) is -0.910. The molecule has 1 aliphatic rings. The topological polar surface area (TPSA) is 114 Å². The maximum Gasteiger partial charge on any atom is 0.407 e. The van der Waals surface area contributed by atoms with Crippen LogP contribution in [-0.2, 0) is 9.47 Å². The van der Waals surface area contributed by atoms with Crippen molar-refractivity contribution in [2.45, 2.75) is 58.8 Å². The smallest absolute Gasteiger partial charge is 0.407 e. The first-order valence-electron chi connectivity index (χ1n) is 9.68. The first-order valence-corrected chi connectivity index (χ1v) is 9.68. The molecule has 0 radical (unpaired) electrons. The second-order valence-electron chi connectivity index (χ2n) is 8.99. The number of ether oxygens (including phenoxy) is 2. The van der Waals surface area contributed by atoms with E-state index in [9.17, 15) is 19.2 Å². The van der Waals surface area contributed by atoms with Crippen molar-refractivity contribution in [3.8, 4) is 0 Å². The molecule has 0 aliphatic carbocycles. The van der Waals surface area contributed by atoms with Crippen molar-refractivity contribution in [1.82, 2.24) is 15.5 Å². The fraction of sp³-hybridized carbons (Fsp3) is 0.524. The van der Waals surface area contributed by atoms with Crippen molar-refractivity contribution in [2.24, 2.45) is 0 Å². The highest BCUT2D eigenvalue weighted by Crippen LogP contribution is 2.22. The maximum atomic E-state index is 12.6. The van der Waals surface area contributed by atoms with Crippen LogP contribution in [0.15, 0.2) is 24.3 Å². The van der Waals surface area contributed by atoms with E-state index >= 15 is 0 Å². The van der Waals surface area contributed by atoms with E-state index in [1.54, 1.807) is 65.8 Å². The molecule has 0 aromatic heterocycles. The van der Waals surface area contributed by atoms with Crippen LogP contribution in [0.5, 0.6) is 0 Å². The third-order valence-electron chi connectivity index (χ3n) is 3.89. The molecule has 1 heterocycles. The standard InChI is InChI=1S/C21H29N3O6/c1-20(2,3)29-18(27)22-11-13(23-19(28)30-21(4,5)6)12-24-16(25)14-9-7-8-10-15(14)17(24)26/h7-10,13H,11-12H2,1-6H3,(H,22,27)(H,23,28)/t13-/m0/s1. The van der Waals surface area contributed by atoms with Gasteiger partial charge in [0.25, 0.3) is 11.8 Å². The lowest BCUT2D eigenvalue weighted by atomic mass is 10.1. The lowest BCUT2D eigenvalue weighted by molar-refractivity contribution is 0.0438. The zero-order valence-corrected chi connectivity index (χ0v) is 18.2. The van der Waals surface area contributed by atoms with Crippen LogP contribution in [0.25, 0.3) is 0 Å². The molecule has 0 fully saturated rings. The summed E-state index contributed by atoms with van der Waals surface area (Å²) in [6.45, 7) is 10.1. The molecule has 0 saturated heterocycles. The van der Waals surface area contributed by atoms with Gasteiger partial charge < -0.3 is 20.1 Å². The highest BCUT2D eigenvalue weighted by molar-refractivity contribution is 6.21. The molecular weight excluding hydrogens is 390 g/mol. The Kier molecular flexibility index (Phi) is 6.74. The highest BCUT2D eigenvalue weighted by atomic mass is 16.6. The van der Waals surface area contributed by atoms with E-state index in [2.05, 4.69) is 10.6 Å². The first kappa shape index (κ1) is 23.2. The van der Waals surface area contributed by atoms with Crippen LogP contribution in [0, 0.1) is 0 Å². The van der Waals surface area contributed by atoms with Crippen molar-refractivity contribution >= 4 is 24.0 Å². The van der Waals surface area contributed by atoms with Crippen LogP contribution in [-0.4, -0.2) is 59.2 Å². The minimum Gasteiger partial charge on any atom is -0.444 e. The van der Waals surface area contributed by atoms with Crippen molar-refractivity contribution in [1.29, 1.82) is 0 Å². The molecule has 1 aromatic carbocycles. The Bertz CT molecular complexity index is 803. The molecule has 30 heavy (non-hydrogen) atoms. The molecule has 164 valence electrons. The Labute approximate surface area is 176 Å². The van der Waals surface area contributed by atoms with Gasteiger partial charge in [0.2, 0.25) is 0 Å². The quantitative estimate of drug-likeness (QED) is 0.710.